The Bertz CT molecular complexity index is 578. The van der Waals surface area contributed by atoms with Crippen LogP contribution < -0.4 is 4.90 Å². The molecule has 2 saturated heterocycles. The van der Waals surface area contributed by atoms with Crippen molar-refractivity contribution < 1.29 is 4.79 Å². The lowest BCUT2D eigenvalue weighted by Gasteiger charge is -2.50. The normalized spacial score (nSPS) is 24.8. The third kappa shape index (κ3) is 3.06. The molecular formula is C19H28N4O. The first-order valence-corrected chi connectivity index (χ1v) is 9.47. The van der Waals surface area contributed by atoms with Crippen LogP contribution in [0.1, 0.15) is 62.4 Å². The summed E-state index contributed by atoms with van der Waals surface area (Å²) in [5.74, 6) is 0.895. The predicted octanol–water partition coefficient (Wildman–Crippen LogP) is 2.91. The van der Waals surface area contributed by atoms with Gasteiger partial charge in [-0.05, 0) is 57.0 Å². The van der Waals surface area contributed by atoms with Crippen LogP contribution in [0.5, 0.6) is 0 Å². The van der Waals surface area contributed by atoms with Crippen LogP contribution in [0.3, 0.4) is 0 Å². The highest BCUT2D eigenvalue weighted by atomic mass is 16.1. The van der Waals surface area contributed by atoms with Gasteiger partial charge in [-0.15, -0.1) is 0 Å². The van der Waals surface area contributed by atoms with E-state index in [0.717, 1.165) is 24.9 Å². The Hall–Kier alpha value is -1.49. The lowest BCUT2D eigenvalue weighted by Crippen LogP contribution is -2.51. The molecule has 2 aliphatic heterocycles. The first-order valence-electron chi connectivity index (χ1n) is 9.47. The van der Waals surface area contributed by atoms with E-state index < -0.39 is 0 Å². The zero-order chi connectivity index (χ0) is 16.6. The van der Waals surface area contributed by atoms with E-state index in [9.17, 15) is 4.79 Å². The van der Waals surface area contributed by atoms with E-state index in [2.05, 4.69) is 19.8 Å². The number of hydrogen-bond donors (Lipinski definition) is 0. The summed E-state index contributed by atoms with van der Waals surface area (Å²) in [6.45, 7) is 6.27. The summed E-state index contributed by atoms with van der Waals surface area (Å²) < 4.78 is 0. The van der Waals surface area contributed by atoms with Crippen LogP contribution in [0.4, 0.5) is 5.82 Å². The van der Waals surface area contributed by atoms with Crippen LogP contribution in [0.25, 0.3) is 0 Å². The maximum Gasteiger partial charge on any atom is 0.179 e. The summed E-state index contributed by atoms with van der Waals surface area (Å²) in [5.41, 5.74) is 1.01. The topological polar surface area (TPSA) is 49.3 Å². The number of nitrogens with zero attached hydrogens (tertiary/aromatic N) is 4. The Morgan fingerprint density at radius 3 is 2.21 bits per heavy atom. The van der Waals surface area contributed by atoms with Gasteiger partial charge in [-0.3, -0.25) is 4.79 Å². The van der Waals surface area contributed by atoms with Gasteiger partial charge < -0.3 is 9.80 Å². The van der Waals surface area contributed by atoms with Gasteiger partial charge in [0.2, 0.25) is 0 Å². The highest BCUT2D eigenvalue weighted by Gasteiger charge is 2.39. The van der Waals surface area contributed by atoms with Gasteiger partial charge in [-0.25, -0.2) is 9.97 Å². The summed E-state index contributed by atoms with van der Waals surface area (Å²) in [7, 11) is 0. The SMILES string of the molecule is CC(=O)c1cnc(N2CCC3(CC2)CCN(C2CCC2)CC3)cn1. The maximum absolute atomic E-state index is 11.3. The fourth-order valence-corrected chi connectivity index (χ4v) is 4.49. The van der Waals surface area contributed by atoms with Crippen molar-refractivity contribution in [1.29, 1.82) is 0 Å². The van der Waals surface area contributed by atoms with Crippen molar-refractivity contribution in [3.05, 3.63) is 18.1 Å². The van der Waals surface area contributed by atoms with Gasteiger partial charge in [0.1, 0.15) is 11.5 Å². The Morgan fingerprint density at radius 1 is 1.04 bits per heavy atom. The van der Waals surface area contributed by atoms with Crippen molar-refractivity contribution in [2.45, 2.75) is 57.9 Å². The number of carbonyl (C=O) groups is 1. The zero-order valence-corrected chi connectivity index (χ0v) is 14.7. The van der Waals surface area contributed by atoms with Gasteiger partial charge in [-0.1, -0.05) is 6.42 Å². The third-order valence-corrected chi connectivity index (χ3v) is 6.60. The van der Waals surface area contributed by atoms with E-state index in [4.69, 9.17) is 0 Å². The Kier molecular flexibility index (Phi) is 4.29. The Morgan fingerprint density at radius 2 is 1.71 bits per heavy atom. The molecule has 5 nitrogen and oxygen atoms in total. The minimum atomic E-state index is -0.0233. The monoisotopic (exact) mass is 328 g/mol. The molecule has 0 amide bonds. The van der Waals surface area contributed by atoms with Gasteiger partial charge in [-0.2, -0.15) is 0 Å². The van der Waals surface area contributed by atoms with Gasteiger partial charge in [0.25, 0.3) is 0 Å². The van der Waals surface area contributed by atoms with Gasteiger partial charge in [0, 0.05) is 26.1 Å². The summed E-state index contributed by atoms with van der Waals surface area (Å²) >= 11 is 0. The molecule has 0 aromatic carbocycles. The highest BCUT2D eigenvalue weighted by molar-refractivity contribution is 5.91. The number of ketones is 1. The minimum absolute atomic E-state index is 0.0233. The molecule has 24 heavy (non-hydrogen) atoms. The zero-order valence-electron chi connectivity index (χ0n) is 14.7. The molecule has 3 fully saturated rings. The molecule has 1 aliphatic carbocycles. The second-order valence-corrected chi connectivity index (χ2v) is 7.92. The molecule has 5 heteroatoms. The number of aromatic nitrogens is 2. The summed E-state index contributed by atoms with van der Waals surface area (Å²) in [4.78, 5) is 25.1. The van der Waals surface area contributed by atoms with Crippen molar-refractivity contribution in [2.24, 2.45) is 5.41 Å². The standard InChI is InChI=1S/C19H28N4O/c1-15(24)17-13-21-18(14-20-17)23-11-7-19(8-12-23)5-9-22(10-6-19)16-3-2-4-16/h13-14,16H,2-12H2,1H3. The average Bonchev–Trinajstić information content (AvgIpc) is 2.56. The number of likely N-dealkylation sites (tertiary alicyclic amines) is 1. The molecule has 0 atom stereocenters. The fourth-order valence-electron chi connectivity index (χ4n) is 4.49. The van der Waals surface area contributed by atoms with Crippen molar-refractivity contribution in [3.8, 4) is 0 Å². The molecule has 0 unspecified atom stereocenters. The number of carbonyl (C=O) groups excluding carboxylic acids is 1. The van der Waals surface area contributed by atoms with Crippen molar-refractivity contribution in [1.82, 2.24) is 14.9 Å². The number of hydrogen-bond acceptors (Lipinski definition) is 5. The predicted molar refractivity (Wildman–Crippen MR) is 94.4 cm³/mol. The van der Waals surface area contributed by atoms with E-state index in [1.165, 1.54) is 65.0 Å². The summed E-state index contributed by atoms with van der Waals surface area (Å²) in [6, 6.07) is 0.900. The van der Waals surface area contributed by atoms with E-state index in [-0.39, 0.29) is 5.78 Å². The van der Waals surface area contributed by atoms with Crippen LogP contribution >= 0.6 is 0 Å². The quantitative estimate of drug-likeness (QED) is 0.799. The summed E-state index contributed by atoms with van der Waals surface area (Å²) in [6.07, 6.45) is 12.9. The second kappa shape index (κ2) is 6.43. The van der Waals surface area contributed by atoms with E-state index >= 15 is 0 Å². The lowest BCUT2D eigenvalue weighted by atomic mass is 9.70. The van der Waals surface area contributed by atoms with Crippen LogP contribution in [0.15, 0.2) is 12.4 Å². The van der Waals surface area contributed by atoms with E-state index in [1.54, 1.807) is 12.4 Å². The molecule has 0 radical (unpaired) electrons. The average molecular weight is 328 g/mol. The molecular weight excluding hydrogens is 300 g/mol. The highest BCUT2D eigenvalue weighted by Crippen LogP contribution is 2.43. The molecule has 4 rings (SSSR count). The van der Waals surface area contributed by atoms with Crippen LogP contribution in [0.2, 0.25) is 0 Å². The van der Waals surface area contributed by atoms with E-state index in [0.29, 0.717) is 11.1 Å². The molecule has 3 aliphatic rings. The molecule has 1 aromatic rings. The number of Topliss-reactive ketones (excluding diaryl/α,β-unsaturated/α-hetero) is 1. The molecule has 1 saturated carbocycles. The number of piperidine rings is 2. The molecule has 3 heterocycles. The minimum Gasteiger partial charge on any atom is -0.355 e. The first-order chi connectivity index (χ1) is 11.7. The van der Waals surface area contributed by atoms with Gasteiger partial charge in [0.15, 0.2) is 5.78 Å². The van der Waals surface area contributed by atoms with Crippen molar-refractivity contribution in [3.63, 3.8) is 0 Å². The second-order valence-electron chi connectivity index (χ2n) is 7.92. The third-order valence-electron chi connectivity index (χ3n) is 6.60. The number of rotatable bonds is 3. The molecule has 1 spiro atoms. The molecule has 0 N–H and O–H groups in total. The smallest absolute Gasteiger partial charge is 0.179 e. The van der Waals surface area contributed by atoms with Crippen molar-refractivity contribution >= 4 is 11.6 Å². The Labute approximate surface area is 144 Å². The first kappa shape index (κ1) is 16.0. The molecule has 1 aromatic heterocycles. The van der Waals surface area contributed by atoms with Crippen LogP contribution in [0, 0.1) is 5.41 Å². The lowest BCUT2D eigenvalue weighted by molar-refractivity contribution is 0.0305. The fraction of sp³-hybridized carbons (Fsp3) is 0.737. The molecule has 130 valence electrons. The van der Waals surface area contributed by atoms with Gasteiger partial charge in [0.05, 0.1) is 12.4 Å². The Balaban J connectivity index is 1.32. The van der Waals surface area contributed by atoms with Gasteiger partial charge >= 0.3 is 0 Å². The van der Waals surface area contributed by atoms with Crippen LogP contribution in [-0.2, 0) is 0 Å². The molecule has 0 bridgehead atoms. The van der Waals surface area contributed by atoms with Crippen LogP contribution in [-0.4, -0.2) is 52.9 Å². The number of anilines is 1. The maximum atomic E-state index is 11.3. The van der Waals surface area contributed by atoms with Crippen molar-refractivity contribution in [2.75, 3.05) is 31.1 Å². The largest absolute Gasteiger partial charge is 0.355 e. The van der Waals surface area contributed by atoms with E-state index in [1.807, 2.05) is 0 Å². The summed E-state index contributed by atoms with van der Waals surface area (Å²) in [5, 5.41) is 0.